The maximum absolute atomic E-state index is 6.65. The molecule has 0 N–H and O–H groups in total. The standard InChI is InChI=1S/C45H30N2O/c1-2-12-30(13-3-1)43-35-16-6-10-20-40(35)46-44(47-43)31-24-22-29(23-25-31)32-26-27-42-39(28-32)45(38-19-9-11-21-41(38)48-42)36-17-7-4-14-33(36)34-15-5-8-18-37(34)45/h1-7,9-17,19-28H,8,18H2. The Morgan fingerprint density at radius 1 is 0.542 bits per heavy atom. The first kappa shape index (κ1) is 27.1. The van der Waals surface area contributed by atoms with E-state index >= 15 is 0 Å². The second-order valence-corrected chi connectivity index (χ2v) is 12.8. The Balaban J connectivity index is 1.11. The predicted octanol–water partition coefficient (Wildman–Crippen LogP) is 11.2. The second-order valence-electron chi connectivity index (χ2n) is 12.8. The summed E-state index contributed by atoms with van der Waals surface area (Å²) in [5.41, 5.74) is 13.8. The highest BCUT2D eigenvalue weighted by Crippen LogP contribution is 2.63. The van der Waals surface area contributed by atoms with Crippen molar-refractivity contribution in [1.82, 2.24) is 9.97 Å². The summed E-state index contributed by atoms with van der Waals surface area (Å²) < 4.78 is 6.65. The van der Waals surface area contributed by atoms with Crippen molar-refractivity contribution in [2.45, 2.75) is 18.3 Å². The van der Waals surface area contributed by atoms with Gasteiger partial charge in [0.1, 0.15) is 11.5 Å². The molecule has 0 amide bonds. The van der Waals surface area contributed by atoms with Crippen molar-refractivity contribution in [2.24, 2.45) is 0 Å². The molecule has 0 fully saturated rings. The number of aromatic nitrogens is 2. The average molecular weight is 615 g/mol. The summed E-state index contributed by atoms with van der Waals surface area (Å²) in [4.78, 5) is 10.1. The van der Waals surface area contributed by atoms with Crippen LogP contribution in [0.2, 0.25) is 0 Å². The molecule has 3 heteroatoms. The van der Waals surface area contributed by atoms with Gasteiger partial charge >= 0.3 is 0 Å². The minimum absolute atomic E-state index is 0.399. The number of para-hydroxylation sites is 2. The van der Waals surface area contributed by atoms with Crippen LogP contribution in [0.15, 0.2) is 163 Å². The number of ether oxygens (including phenoxy) is 1. The van der Waals surface area contributed by atoms with Gasteiger partial charge in [-0.1, -0.05) is 133 Å². The van der Waals surface area contributed by atoms with E-state index in [-0.39, 0.29) is 0 Å². The number of allylic oxidation sites excluding steroid dienone is 4. The smallest absolute Gasteiger partial charge is 0.160 e. The zero-order valence-corrected chi connectivity index (χ0v) is 26.2. The highest BCUT2D eigenvalue weighted by molar-refractivity contribution is 5.94. The van der Waals surface area contributed by atoms with E-state index in [1.54, 1.807) is 0 Å². The van der Waals surface area contributed by atoms with Crippen LogP contribution in [0.5, 0.6) is 11.5 Å². The van der Waals surface area contributed by atoms with E-state index in [9.17, 15) is 0 Å². The molecule has 1 atom stereocenters. The minimum Gasteiger partial charge on any atom is -0.457 e. The number of nitrogens with zero attached hydrogens (tertiary/aromatic N) is 2. The molecule has 1 spiro atoms. The highest BCUT2D eigenvalue weighted by atomic mass is 16.5. The van der Waals surface area contributed by atoms with Gasteiger partial charge in [-0.15, -0.1) is 0 Å². The third kappa shape index (κ3) is 3.88. The van der Waals surface area contributed by atoms with Crippen molar-refractivity contribution in [1.29, 1.82) is 0 Å². The van der Waals surface area contributed by atoms with Crippen molar-refractivity contribution < 1.29 is 4.74 Å². The molecule has 10 rings (SSSR count). The van der Waals surface area contributed by atoms with Gasteiger partial charge in [-0.05, 0) is 70.5 Å². The van der Waals surface area contributed by atoms with E-state index in [1.807, 2.05) is 18.2 Å². The largest absolute Gasteiger partial charge is 0.457 e. The Kier molecular flexibility index (Phi) is 5.91. The Bertz CT molecular complexity index is 2470. The van der Waals surface area contributed by atoms with Gasteiger partial charge in [-0.2, -0.15) is 0 Å². The molecule has 3 aliphatic rings. The lowest BCUT2D eigenvalue weighted by Gasteiger charge is -2.41. The lowest BCUT2D eigenvalue weighted by molar-refractivity contribution is 0.432. The molecule has 0 saturated heterocycles. The summed E-state index contributed by atoms with van der Waals surface area (Å²) in [6.07, 6.45) is 6.71. The Morgan fingerprint density at radius 3 is 2.15 bits per heavy atom. The number of benzene rings is 6. The zero-order valence-electron chi connectivity index (χ0n) is 26.2. The van der Waals surface area contributed by atoms with E-state index in [4.69, 9.17) is 14.7 Å². The van der Waals surface area contributed by atoms with Crippen molar-refractivity contribution in [2.75, 3.05) is 0 Å². The topological polar surface area (TPSA) is 35.0 Å². The molecule has 1 unspecified atom stereocenters. The summed E-state index contributed by atoms with van der Waals surface area (Å²) in [5.74, 6) is 2.58. The van der Waals surface area contributed by atoms with Crippen LogP contribution in [0.1, 0.15) is 35.1 Å². The molecule has 2 heterocycles. The Hall–Kier alpha value is -6.06. The lowest BCUT2D eigenvalue weighted by Crippen LogP contribution is -2.33. The van der Waals surface area contributed by atoms with Gasteiger partial charge in [0.2, 0.25) is 0 Å². The Labute approximate surface area is 279 Å². The zero-order chi connectivity index (χ0) is 31.7. The van der Waals surface area contributed by atoms with Crippen LogP contribution >= 0.6 is 0 Å². The molecule has 7 aromatic rings. The summed E-state index contributed by atoms with van der Waals surface area (Å²) in [5, 5.41) is 1.05. The number of rotatable bonds is 3. The van der Waals surface area contributed by atoms with Crippen molar-refractivity contribution in [3.05, 3.63) is 186 Å². The maximum Gasteiger partial charge on any atom is 0.160 e. The van der Waals surface area contributed by atoms with Gasteiger partial charge in [-0.3, -0.25) is 0 Å². The average Bonchev–Trinajstić information content (AvgIpc) is 3.45. The molecule has 3 nitrogen and oxygen atoms in total. The first-order chi connectivity index (χ1) is 23.8. The van der Waals surface area contributed by atoms with Gasteiger partial charge in [0.05, 0.1) is 16.6 Å². The highest BCUT2D eigenvalue weighted by Gasteiger charge is 2.52. The lowest BCUT2D eigenvalue weighted by atomic mass is 9.64. The maximum atomic E-state index is 6.65. The van der Waals surface area contributed by atoms with E-state index in [2.05, 4.69) is 140 Å². The van der Waals surface area contributed by atoms with Gasteiger partial charge in [0, 0.05) is 27.6 Å². The monoisotopic (exact) mass is 614 g/mol. The van der Waals surface area contributed by atoms with Crippen LogP contribution in [0, 0.1) is 0 Å². The van der Waals surface area contributed by atoms with Gasteiger partial charge < -0.3 is 4.74 Å². The molecular weight excluding hydrogens is 585 g/mol. The fourth-order valence-corrected chi connectivity index (χ4v) is 8.18. The Morgan fingerprint density at radius 2 is 1.25 bits per heavy atom. The third-order valence-corrected chi connectivity index (χ3v) is 10.3. The van der Waals surface area contributed by atoms with Crippen molar-refractivity contribution in [3.63, 3.8) is 0 Å². The molecule has 0 bridgehead atoms. The molecule has 0 radical (unpaired) electrons. The first-order valence-corrected chi connectivity index (χ1v) is 16.6. The van der Waals surface area contributed by atoms with E-state index in [0.717, 1.165) is 69.0 Å². The fourth-order valence-electron chi connectivity index (χ4n) is 8.18. The van der Waals surface area contributed by atoms with E-state index in [1.165, 1.54) is 33.4 Å². The van der Waals surface area contributed by atoms with Crippen LogP contribution in [-0.4, -0.2) is 9.97 Å². The quantitative estimate of drug-likeness (QED) is 0.199. The molecule has 226 valence electrons. The summed E-state index contributed by atoms with van der Waals surface area (Å²) in [7, 11) is 0. The van der Waals surface area contributed by atoms with E-state index < -0.39 is 5.41 Å². The molecule has 1 aromatic heterocycles. The molecule has 0 saturated carbocycles. The summed E-state index contributed by atoms with van der Waals surface area (Å²) >= 11 is 0. The number of hydrogen-bond donors (Lipinski definition) is 0. The van der Waals surface area contributed by atoms with Crippen LogP contribution in [0.4, 0.5) is 0 Å². The molecule has 48 heavy (non-hydrogen) atoms. The summed E-state index contributed by atoms with van der Waals surface area (Å²) in [6.45, 7) is 0. The van der Waals surface area contributed by atoms with Gasteiger partial charge in [0.15, 0.2) is 5.82 Å². The summed E-state index contributed by atoms with van der Waals surface area (Å²) in [6, 6.07) is 51.6. The normalized spacial score (nSPS) is 17.1. The predicted molar refractivity (Wildman–Crippen MR) is 194 cm³/mol. The number of hydrogen-bond acceptors (Lipinski definition) is 3. The van der Waals surface area contributed by atoms with Crippen molar-refractivity contribution >= 4 is 16.5 Å². The molecule has 2 aliphatic carbocycles. The third-order valence-electron chi connectivity index (χ3n) is 10.3. The van der Waals surface area contributed by atoms with Crippen LogP contribution < -0.4 is 4.74 Å². The number of fused-ring (bicyclic) bond motifs is 9. The second kappa shape index (κ2) is 10.5. The minimum atomic E-state index is -0.399. The van der Waals surface area contributed by atoms with Crippen LogP contribution in [0.25, 0.3) is 50.2 Å². The van der Waals surface area contributed by atoms with Gasteiger partial charge in [0.25, 0.3) is 0 Å². The molecule has 6 aromatic carbocycles. The molecular formula is C45H30N2O. The fraction of sp³-hybridized carbons (Fsp3) is 0.0667. The van der Waals surface area contributed by atoms with Gasteiger partial charge in [-0.25, -0.2) is 9.97 Å². The first-order valence-electron chi connectivity index (χ1n) is 16.6. The van der Waals surface area contributed by atoms with Crippen molar-refractivity contribution in [3.8, 4) is 45.3 Å². The van der Waals surface area contributed by atoms with Crippen LogP contribution in [0.3, 0.4) is 0 Å². The van der Waals surface area contributed by atoms with Crippen LogP contribution in [-0.2, 0) is 5.41 Å². The molecule has 1 aliphatic heterocycles. The van der Waals surface area contributed by atoms with E-state index in [0.29, 0.717) is 0 Å². The SMILES string of the molecule is C1=CC2=C(CC1)C1(c3ccccc3Oc3ccc(-c4ccc(-c5nc(-c6ccccc6)c6ccccc6n5)cc4)cc31)c1ccccc12.